The number of benzene rings is 1. The van der Waals surface area contributed by atoms with E-state index in [4.69, 9.17) is 0 Å². The van der Waals surface area contributed by atoms with Crippen LogP contribution in [0.4, 0.5) is 18.9 Å². The van der Waals surface area contributed by atoms with Gasteiger partial charge in [0.2, 0.25) is 0 Å². The standard InChI is InChI=1S/C18H20F3NO4S/c1-12(10-13-4-2-3-5-13)16(23)11-27(25,26)15-8-6-14(7-9-15)22-17(24)18(19,20)21/h6-10,13H,2-5,11H2,1H3,(H,22,24)/b12-10+. The van der Waals surface area contributed by atoms with Crippen molar-refractivity contribution in [1.82, 2.24) is 0 Å². The Hall–Kier alpha value is -2.16. The van der Waals surface area contributed by atoms with E-state index in [9.17, 15) is 31.2 Å². The first kappa shape index (κ1) is 21.1. The number of ketones is 1. The number of anilines is 1. The van der Waals surface area contributed by atoms with Gasteiger partial charge in [0, 0.05) is 5.69 Å². The van der Waals surface area contributed by atoms with Crippen LogP contribution in [0.25, 0.3) is 0 Å². The van der Waals surface area contributed by atoms with Crippen molar-refractivity contribution in [2.24, 2.45) is 5.92 Å². The van der Waals surface area contributed by atoms with Crippen LogP contribution >= 0.6 is 0 Å². The van der Waals surface area contributed by atoms with Gasteiger partial charge in [0.15, 0.2) is 15.6 Å². The third-order valence-electron chi connectivity index (χ3n) is 4.38. The number of hydrogen-bond donors (Lipinski definition) is 1. The molecular formula is C18H20F3NO4S. The molecule has 1 aliphatic rings. The molecule has 0 bridgehead atoms. The summed E-state index contributed by atoms with van der Waals surface area (Å²) in [5, 5.41) is 1.63. The predicted molar refractivity (Wildman–Crippen MR) is 93.9 cm³/mol. The summed E-state index contributed by atoms with van der Waals surface area (Å²) in [5.41, 5.74) is 0.208. The second kappa shape index (κ2) is 8.24. The number of hydrogen-bond acceptors (Lipinski definition) is 4. The third-order valence-corrected chi connectivity index (χ3v) is 6.01. The minimum Gasteiger partial charge on any atom is -0.318 e. The van der Waals surface area contributed by atoms with E-state index in [0.29, 0.717) is 11.5 Å². The van der Waals surface area contributed by atoms with E-state index < -0.39 is 33.5 Å². The number of carbonyl (C=O) groups is 2. The summed E-state index contributed by atoms with van der Waals surface area (Å²) in [6, 6.07) is 4.21. The quantitative estimate of drug-likeness (QED) is 0.735. The minimum absolute atomic E-state index is 0.195. The first-order chi connectivity index (χ1) is 12.5. The highest BCUT2D eigenvalue weighted by Gasteiger charge is 2.38. The Morgan fingerprint density at radius 3 is 2.22 bits per heavy atom. The molecule has 1 fully saturated rings. The number of alkyl halides is 3. The zero-order valence-corrected chi connectivity index (χ0v) is 15.5. The van der Waals surface area contributed by atoms with Gasteiger partial charge >= 0.3 is 12.1 Å². The van der Waals surface area contributed by atoms with E-state index in [-0.39, 0.29) is 10.6 Å². The van der Waals surface area contributed by atoms with Crippen LogP contribution < -0.4 is 5.32 Å². The molecule has 27 heavy (non-hydrogen) atoms. The Kier molecular flexibility index (Phi) is 6.46. The highest BCUT2D eigenvalue weighted by molar-refractivity contribution is 7.92. The third kappa shape index (κ3) is 5.92. The number of allylic oxidation sites excluding steroid dienone is 2. The van der Waals surface area contributed by atoms with E-state index >= 15 is 0 Å². The van der Waals surface area contributed by atoms with Crippen molar-refractivity contribution in [2.75, 3.05) is 11.1 Å². The van der Waals surface area contributed by atoms with Crippen LogP contribution in [0.5, 0.6) is 0 Å². The number of nitrogens with one attached hydrogen (secondary N) is 1. The van der Waals surface area contributed by atoms with Crippen LogP contribution in [-0.4, -0.2) is 32.0 Å². The summed E-state index contributed by atoms with van der Waals surface area (Å²) in [7, 11) is -3.94. The van der Waals surface area contributed by atoms with Gasteiger partial charge in [-0.05, 0) is 55.5 Å². The number of carbonyl (C=O) groups excluding carboxylic acids is 2. The highest BCUT2D eigenvalue weighted by Crippen LogP contribution is 2.27. The molecule has 148 valence electrons. The Balaban J connectivity index is 2.05. The first-order valence-electron chi connectivity index (χ1n) is 8.41. The lowest BCUT2D eigenvalue weighted by atomic mass is 10.0. The Bertz CT molecular complexity index is 836. The van der Waals surface area contributed by atoms with Crippen molar-refractivity contribution in [2.45, 2.75) is 43.7 Å². The Morgan fingerprint density at radius 2 is 1.70 bits per heavy atom. The van der Waals surface area contributed by atoms with Crippen molar-refractivity contribution in [3.63, 3.8) is 0 Å². The maximum atomic E-state index is 12.4. The smallest absolute Gasteiger partial charge is 0.318 e. The van der Waals surface area contributed by atoms with E-state index in [2.05, 4.69) is 0 Å². The number of sulfone groups is 1. The molecule has 1 aromatic carbocycles. The maximum Gasteiger partial charge on any atom is 0.471 e. The summed E-state index contributed by atoms with van der Waals surface area (Å²) >= 11 is 0. The van der Waals surface area contributed by atoms with Gasteiger partial charge in [-0.25, -0.2) is 8.42 Å². The SMILES string of the molecule is C/C(=C\C1CCCC1)C(=O)CS(=O)(=O)c1ccc(NC(=O)C(F)(F)F)cc1. The lowest BCUT2D eigenvalue weighted by Crippen LogP contribution is -2.29. The molecule has 5 nitrogen and oxygen atoms in total. The zero-order chi connectivity index (χ0) is 20.2. The number of halogens is 3. The molecule has 1 aliphatic carbocycles. The molecule has 0 heterocycles. The van der Waals surface area contributed by atoms with Gasteiger partial charge in [-0.3, -0.25) is 9.59 Å². The summed E-state index contributed by atoms with van der Waals surface area (Å²) in [4.78, 5) is 22.9. The van der Waals surface area contributed by atoms with Crippen LogP contribution in [-0.2, 0) is 19.4 Å². The van der Waals surface area contributed by atoms with Crippen molar-refractivity contribution in [3.05, 3.63) is 35.9 Å². The van der Waals surface area contributed by atoms with Crippen molar-refractivity contribution in [3.8, 4) is 0 Å². The maximum absolute atomic E-state index is 12.4. The van der Waals surface area contributed by atoms with Gasteiger partial charge in [-0.1, -0.05) is 18.9 Å². The van der Waals surface area contributed by atoms with E-state index in [0.717, 1.165) is 49.9 Å². The first-order valence-corrected chi connectivity index (χ1v) is 10.1. The van der Waals surface area contributed by atoms with Crippen LogP contribution in [0.3, 0.4) is 0 Å². The largest absolute Gasteiger partial charge is 0.471 e. The van der Waals surface area contributed by atoms with E-state index in [1.54, 1.807) is 12.2 Å². The molecule has 1 N–H and O–H groups in total. The summed E-state index contributed by atoms with van der Waals surface area (Å²) in [6.07, 6.45) is 0.947. The van der Waals surface area contributed by atoms with E-state index in [1.807, 2.05) is 6.08 Å². The molecule has 1 saturated carbocycles. The molecule has 0 atom stereocenters. The fourth-order valence-electron chi connectivity index (χ4n) is 2.89. The second-order valence-corrected chi connectivity index (χ2v) is 8.54. The number of rotatable bonds is 6. The molecule has 2 rings (SSSR count). The Labute approximate surface area is 155 Å². The molecule has 0 aliphatic heterocycles. The second-order valence-electron chi connectivity index (χ2n) is 6.55. The topological polar surface area (TPSA) is 80.3 Å². The van der Waals surface area contributed by atoms with Crippen molar-refractivity contribution < 1.29 is 31.2 Å². The average molecular weight is 403 g/mol. The summed E-state index contributed by atoms with van der Waals surface area (Å²) in [6.45, 7) is 1.59. The van der Waals surface area contributed by atoms with Gasteiger partial charge in [0.25, 0.3) is 0 Å². The molecule has 0 radical (unpaired) electrons. The van der Waals surface area contributed by atoms with Crippen LogP contribution in [0.1, 0.15) is 32.6 Å². The predicted octanol–water partition coefficient (Wildman–Crippen LogP) is 3.67. The van der Waals surface area contributed by atoms with Gasteiger partial charge < -0.3 is 5.32 Å². The van der Waals surface area contributed by atoms with Gasteiger partial charge in [-0.15, -0.1) is 0 Å². The monoisotopic (exact) mass is 403 g/mol. The lowest BCUT2D eigenvalue weighted by molar-refractivity contribution is -0.167. The van der Waals surface area contributed by atoms with Crippen molar-refractivity contribution >= 4 is 27.2 Å². The molecule has 1 amide bonds. The minimum atomic E-state index is -5.04. The van der Waals surface area contributed by atoms with E-state index in [1.165, 1.54) is 0 Å². The Morgan fingerprint density at radius 1 is 1.15 bits per heavy atom. The van der Waals surface area contributed by atoms with Gasteiger partial charge in [0.05, 0.1) is 4.90 Å². The van der Waals surface area contributed by atoms with Crippen LogP contribution in [0.2, 0.25) is 0 Å². The highest BCUT2D eigenvalue weighted by atomic mass is 32.2. The molecule has 9 heteroatoms. The molecule has 0 aromatic heterocycles. The van der Waals surface area contributed by atoms with Gasteiger partial charge in [0.1, 0.15) is 5.75 Å². The van der Waals surface area contributed by atoms with Crippen molar-refractivity contribution in [1.29, 1.82) is 0 Å². The fraction of sp³-hybridized carbons (Fsp3) is 0.444. The van der Waals surface area contributed by atoms with Crippen LogP contribution in [0.15, 0.2) is 40.8 Å². The molecule has 0 saturated heterocycles. The molecular weight excluding hydrogens is 383 g/mol. The molecule has 0 unspecified atom stereocenters. The van der Waals surface area contributed by atoms with Gasteiger partial charge in [-0.2, -0.15) is 13.2 Å². The molecule has 0 spiro atoms. The lowest BCUT2D eigenvalue weighted by Gasteiger charge is -2.09. The summed E-state index contributed by atoms with van der Waals surface area (Å²) in [5.74, 6) is -3.07. The summed E-state index contributed by atoms with van der Waals surface area (Å²) < 4.78 is 61.4. The number of amides is 1. The fourth-order valence-corrected chi connectivity index (χ4v) is 4.18. The molecule has 1 aromatic rings. The normalized spacial score (nSPS) is 16.4. The van der Waals surface area contributed by atoms with Crippen LogP contribution in [0, 0.1) is 5.92 Å². The average Bonchev–Trinajstić information content (AvgIpc) is 3.07. The zero-order valence-electron chi connectivity index (χ0n) is 14.7. The number of Topliss-reactive ketones (excluding diaryl/α,β-unsaturated/α-hetero) is 1.